The van der Waals surface area contributed by atoms with E-state index in [9.17, 15) is 4.79 Å². The standard InChI is InChI=1S/C21H18N2O3/c24-21(20-15-25-18-8-4-5-9-19(18)26-20)23(17-6-2-1-3-7-17)14-16-10-12-22-13-11-16/h1-13,20H,14-15H2/t20-/m1/s1. The number of nitrogens with zero attached hydrogens (tertiary/aromatic N) is 2. The summed E-state index contributed by atoms with van der Waals surface area (Å²) < 4.78 is 11.6. The molecule has 1 amide bonds. The van der Waals surface area contributed by atoms with E-state index in [4.69, 9.17) is 9.47 Å². The third-order valence-electron chi connectivity index (χ3n) is 4.21. The minimum absolute atomic E-state index is 0.137. The van der Waals surface area contributed by atoms with Gasteiger partial charge in [0.05, 0.1) is 6.54 Å². The van der Waals surface area contributed by atoms with E-state index in [2.05, 4.69) is 4.98 Å². The van der Waals surface area contributed by atoms with Gasteiger partial charge >= 0.3 is 0 Å². The third-order valence-corrected chi connectivity index (χ3v) is 4.21. The molecule has 4 rings (SSSR count). The zero-order valence-corrected chi connectivity index (χ0v) is 14.1. The van der Waals surface area contributed by atoms with Crippen molar-refractivity contribution >= 4 is 11.6 Å². The van der Waals surface area contributed by atoms with E-state index in [0.717, 1.165) is 11.3 Å². The highest BCUT2D eigenvalue weighted by Gasteiger charge is 2.31. The lowest BCUT2D eigenvalue weighted by Crippen LogP contribution is -2.46. The van der Waals surface area contributed by atoms with Crippen molar-refractivity contribution in [1.29, 1.82) is 0 Å². The Bertz CT molecular complexity index is 884. The lowest BCUT2D eigenvalue weighted by atomic mass is 10.2. The van der Waals surface area contributed by atoms with Crippen LogP contribution in [0.5, 0.6) is 11.5 Å². The SMILES string of the molecule is O=C([C@H]1COc2ccccc2O1)N(Cc1ccncc1)c1ccccc1. The van der Waals surface area contributed by atoms with Crippen LogP contribution in [0.1, 0.15) is 5.56 Å². The number of rotatable bonds is 4. The Morgan fingerprint density at radius 1 is 0.962 bits per heavy atom. The van der Waals surface area contributed by atoms with Crippen molar-refractivity contribution in [3.05, 3.63) is 84.7 Å². The van der Waals surface area contributed by atoms with Crippen molar-refractivity contribution in [3.63, 3.8) is 0 Å². The molecule has 1 atom stereocenters. The molecule has 26 heavy (non-hydrogen) atoms. The molecule has 0 radical (unpaired) electrons. The summed E-state index contributed by atoms with van der Waals surface area (Å²) in [6.45, 7) is 0.627. The summed E-state index contributed by atoms with van der Waals surface area (Å²) in [5.74, 6) is 1.12. The van der Waals surface area contributed by atoms with Crippen LogP contribution < -0.4 is 14.4 Å². The zero-order chi connectivity index (χ0) is 17.8. The van der Waals surface area contributed by atoms with Crippen LogP contribution in [0, 0.1) is 0 Å². The highest BCUT2D eigenvalue weighted by Crippen LogP contribution is 2.32. The van der Waals surface area contributed by atoms with Crippen molar-refractivity contribution in [1.82, 2.24) is 4.98 Å². The molecule has 0 saturated heterocycles. The Hall–Kier alpha value is -3.34. The first-order valence-electron chi connectivity index (χ1n) is 8.45. The fourth-order valence-corrected chi connectivity index (χ4v) is 2.89. The number of fused-ring (bicyclic) bond motifs is 1. The number of ether oxygens (including phenoxy) is 2. The van der Waals surface area contributed by atoms with Gasteiger partial charge in [-0.05, 0) is 42.0 Å². The number of pyridine rings is 1. The van der Waals surface area contributed by atoms with Gasteiger partial charge in [-0.15, -0.1) is 0 Å². The van der Waals surface area contributed by atoms with E-state index < -0.39 is 6.10 Å². The maximum Gasteiger partial charge on any atom is 0.271 e. The number of para-hydroxylation sites is 3. The molecule has 0 fully saturated rings. The van der Waals surface area contributed by atoms with Gasteiger partial charge in [-0.25, -0.2) is 0 Å². The van der Waals surface area contributed by atoms with Gasteiger partial charge in [0, 0.05) is 18.1 Å². The Balaban J connectivity index is 1.60. The second kappa shape index (κ2) is 7.27. The van der Waals surface area contributed by atoms with E-state index in [1.165, 1.54) is 0 Å². The van der Waals surface area contributed by atoms with Gasteiger partial charge in [-0.2, -0.15) is 0 Å². The quantitative estimate of drug-likeness (QED) is 0.726. The van der Waals surface area contributed by atoms with Crippen LogP contribution in [0.2, 0.25) is 0 Å². The molecule has 5 nitrogen and oxygen atoms in total. The van der Waals surface area contributed by atoms with Gasteiger partial charge in [-0.1, -0.05) is 30.3 Å². The normalized spacial score (nSPS) is 15.3. The van der Waals surface area contributed by atoms with Crippen molar-refractivity contribution in [2.75, 3.05) is 11.5 Å². The second-order valence-corrected chi connectivity index (χ2v) is 5.98. The first kappa shape index (κ1) is 16.1. The fraction of sp³-hybridized carbons (Fsp3) is 0.143. The predicted molar refractivity (Wildman–Crippen MR) is 98.2 cm³/mol. The molecule has 0 N–H and O–H groups in total. The highest BCUT2D eigenvalue weighted by molar-refractivity contribution is 5.97. The molecule has 2 aromatic carbocycles. The molecule has 0 spiro atoms. The summed E-state index contributed by atoms with van der Waals surface area (Å²) in [6.07, 6.45) is 2.76. The van der Waals surface area contributed by atoms with Crippen LogP contribution >= 0.6 is 0 Å². The molecule has 2 heterocycles. The maximum atomic E-state index is 13.2. The molecular weight excluding hydrogens is 328 g/mol. The summed E-state index contributed by atoms with van der Waals surface area (Å²) in [5.41, 5.74) is 1.81. The number of hydrogen-bond acceptors (Lipinski definition) is 4. The molecule has 0 saturated carbocycles. The van der Waals surface area contributed by atoms with Crippen LogP contribution in [-0.4, -0.2) is 23.6 Å². The van der Waals surface area contributed by atoms with Gasteiger partial charge in [0.15, 0.2) is 11.5 Å². The molecule has 1 aliphatic heterocycles. The average molecular weight is 346 g/mol. The lowest BCUT2D eigenvalue weighted by Gasteiger charge is -2.31. The van der Waals surface area contributed by atoms with E-state index in [-0.39, 0.29) is 12.5 Å². The monoisotopic (exact) mass is 346 g/mol. The van der Waals surface area contributed by atoms with Gasteiger partial charge in [-0.3, -0.25) is 9.78 Å². The number of anilines is 1. The fourth-order valence-electron chi connectivity index (χ4n) is 2.89. The van der Waals surface area contributed by atoms with Crippen molar-refractivity contribution in [2.24, 2.45) is 0 Å². The van der Waals surface area contributed by atoms with Gasteiger partial charge in [0.2, 0.25) is 6.10 Å². The number of carbonyl (C=O) groups excluding carboxylic acids is 1. The number of aromatic nitrogens is 1. The van der Waals surface area contributed by atoms with Crippen molar-refractivity contribution in [3.8, 4) is 11.5 Å². The lowest BCUT2D eigenvalue weighted by molar-refractivity contribution is -0.127. The molecule has 0 aliphatic carbocycles. The van der Waals surface area contributed by atoms with Crippen LogP contribution in [-0.2, 0) is 11.3 Å². The van der Waals surface area contributed by atoms with E-state index in [1.54, 1.807) is 17.3 Å². The van der Waals surface area contributed by atoms with Crippen LogP contribution in [0.25, 0.3) is 0 Å². The summed E-state index contributed by atoms with van der Waals surface area (Å²) in [6, 6.07) is 20.8. The van der Waals surface area contributed by atoms with E-state index >= 15 is 0 Å². The molecule has 0 unspecified atom stereocenters. The Morgan fingerprint density at radius 3 is 2.42 bits per heavy atom. The number of hydrogen-bond donors (Lipinski definition) is 0. The van der Waals surface area contributed by atoms with Gasteiger partial charge in [0.1, 0.15) is 6.61 Å². The minimum atomic E-state index is -0.688. The molecule has 1 aromatic heterocycles. The molecule has 0 bridgehead atoms. The third kappa shape index (κ3) is 3.37. The van der Waals surface area contributed by atoms with Crippen molar-refractivity contribution in [2.45, 2.75) is 12.6 Å². The summed E-state index contributed by atoms with van der Waals surface area (Å²) in [5, 5.41) is 0. The minimum Gasteiger partial charge on any atom is -0.485 e. The molecule has 5 heteroatoms. The van der Waals surface area contributed by atoms with Crippen molar-refractivity contribution < 1.29 is 14.3 Å². The number of benzene rings is 2. The summed E-state index contributed by atoms with van der Waals surface area (Å²) in [4.78, 5) is 19.0. The smallest absolute Gasteiger partial charge is 0.271 e. The van der Waals surface area contributed by atoms with Crippen LogP contribution in [0.4, 0.5) is 5.69 Å². The number of amides is 1. The molecule has 3 aromatic rings. The van der Waals surface area contributed by atoms with Crippen LogP contribution in [0.15, 0.2) is 79.1 Å². The largest absolute Gasteiger partial charge is 0.485 e. The first-order chi connectivity index (χ1) is 12.8. The molecular formula is C21H18N2O3. The van der Waals surface area contributed by atoms with Crippen LogP contribution in [0.3, 0.4) is 0 Å². The molecule has 130 valence electrons. The second-order valence-electron chi connectivity index (χ2n) is 5.98. The molecule has 1 aliphatic rings. The highest BCUT2D eigenvalue weighted by atomic mass is 16.6. The topological polar surface area (TPSA) is 51.7 Å². The Kier molecular flexibility index (Phi) is 4.51. The van der Waals surface area contributed by atoms with Gasteiger partial charge in [0.25, 0.3) is 5.91 Å². The van der Waals surface area contributed by atoms with Gasteiger partial charge < -0.3 is 14.4 Å². The average Bonchev–Trinajstić information content (AvgIpc) is 2.72. The Morgan fingerprint density at radius 2 is 1.65 bits per heavy atom. The predicted octanol–water partition coefficient (Wildman–Crippen LogP) is 3.45. The van der Waals surface area contributed by atoms with E-state index in [1.807, 2.05) is 66.7 Å². The number of carbonyl (C=O) groups is 1. The summed E-state index contributed by atoms with van der Waals surface area (Å²) in [7, 11) is 0. The Labute approximate surface area is 151 Å². The first-order valence-corrected chi connectivity index (χ1v) is 8.45. The van der Waals surface area contributed by atoms with E-state index in [0.29, 0.717) is 18.0 Å². The summed E-state index contributed by atoms with van der Waals surface area (Å²) >= 11 is 0. The maximum absolute atomic E-state index is 13.2. The zero-order valence-electron chi connectivity index (χ0n) is 14.1.